The van der Waals surface area contributed by atoms with E-state index in [4.69, 9.17) is 4.42 Å². The van der Waals surface area contributed by atoms with E-state index in [0.717, 1.165) is 12.7 Å². The molecule has 16 heavy (non-hydrogen) atoms. The van der Waals surface area contributed by atoms with E-state index >= 15 is 0 Å². The van der Waals surface area contributed by atoms with Gasteiger partial charge in [-0.1, -0.05) is 6.42 Å². The minimum atomic E-state index is -3.12. The number of hydrogen-bond acceptors (Lipinski definition) is 5. The van der Waals surface area contributed by atoms with E-state index in [-0.39, 0.29) is 18.1 Å². The molecule has 2 heterocycles. The molecule has 1 unspecified atom stereocenters. The Labute approximate surface area is 93.8 Å². The number of aromatic nitrogens is 1. The van der Waals surface area contributed by atoms with Crippen LogP contribution >= 0.6 is 0 Å². The number of sulfone groups is 1. The SMILES string of the molecule is O=CCc1coc(C2CCCCS2(=O)=O)n1. The number of aldehydes is 1. The number of oxazole rings is 1. The lowest BCUT2D eigenvalue weighted by Crippen LogP contribution is -2.21. The molecular weight excluding hydrogens is 230 g/mol. The van der Waals surface area contributed by atoms with Crippen molar-refractivity contribution in [1.29, 1.82) is 0 Å². The van der Waals surface area contributed by atoms with Crippen LogP contribution in [0.3, 0.4) is 0 Å². The van der Waals surface area contributed by atoms with Gasteiger partial charge in [0.15, 0.2) is 9.84 Å². The van der Waals surface area contributed by atoms with Crippen LogP contribution in [0.5, 0.6) is 0 Å². The third kappa shape index (κ3) is 2.16. The third-order valence-corrected chi connectivity index (χ3v) is 4.88. The number of carbonyl (C=O) groups is 1. The van der Waals surface area contributed by atoms with E-state index in [2.05, 4.69) is 4.98 Å². The summed E-state index contributed by atoms with van der Waals surface area (Å²) < 4.78 is 28.7. The van der Waals surface area contributed by atoms with Crippen LogP contribution in [0.4, 0.5) is 0 Å². The minimum absolute atomic E-state index is 0.163. The molecule has 1 saturated heterocycles. The lowest BCUT2D eigenvalue weighted by Gasteiger charge is -2.18. The second-order valence-electron chi connectivity index (χ2n) is 3.90. The zero-order valence-corrected chi connectivity index (χ0v) is 9.57. The molecule has 1 aromatic rings. The summed E-state index contributed by atoms with van der Waals surface area (Å²) in [6.45, 7) is 0. The van der Waals surface area contributed by atoms with E-state index in [9.17, 15) is 13.2 Å². The molecule has 5 nitrogen and oxygen atoms in total. The number of rotatable bonds is 3. The monoisotopic (exact) mass is 243 g/mol. The van der Waals surface area contributed by atoms with Crippen LogP contribution in [-0.4, -0.2) is 25.4 Å². The van der Waals surface area contributed by atoms with Crippen molar-refractivity contribution < 1.29 is 17.6 Å². The van der Waals surface area contributed by atoms with Crippen LogP contribution in [0, 0.1) is 0 Å². The lowest BCUT2D eigenvalue weighted by atomic mass is 10.2. The van der Waals surface area contributed by atoms with Crippen molar-refractivity contribution in [3.8, 4) is 0 Å². The van der Waals surface area contributed by atoms with Gasteiger partial charge < -0.3 is 9.21 Å². The Morgan fingerprint density at radius 2 is 2.31 bits per heavy atom. The van der Waals surface area contributed by atoms with E-state index in [1.54, 1.807) is 0 Å². The first-order chi connectivity index (χ1) is 7.63. The molecule has 1 atom stereocenters. The molecule has 0 amide bonds. The smallest absolute Gasteiger partial charge is 0.212 e. The van der Waals surface area contributed by atoms with Gasteiger partial charge in [-0.3, -0.25) is 0 Å². The number of hydrogen-bond donors (Lipinski definition) is 0. The maximum absolute atomic E-state index is 11.8. The molecule has 0 radical (unpaired) electrons. The van der Waals surface area contributed by atoms with E-state index in [1.807, 2.05) is 0 Å². The zero-order chi connectivity index (χ0) is 11.6. The Bertz CT molecular complexity index is 477. The van der Waals surface area contributed by atoms with Gasteiger partial charge in [-0.05, 0) is 12.8 Å². The quantitative estimate of drug-likeness (QED) is 0.742. The summed E-state index contributed by atoms with van der Waals surface area (Å²) in [5, 5.41) is -0.623. The highest BCUT2D eigenvalue weighted by atomic mass is 32.2. The third-order valence-electron chi connectivity index (χ3n) is 2.72. The highest BCUT2D eigenvalue weighted by Crippen LogP contribution is 2.32. The van der Waals surface area contributed by atoms with Crippen LogP contribution in [0.25, 0.3) is 0 Å². The molecule has 1 aromatic heterocycles. The molecule has 1 fully saturated rings. The largest absolute Gasteiger partial charge is 0.447 e. The fourth-order valence-corrected chi connectivity index (χ4v) is 3.71. The van der Waals surface area contributed by atoms with Crippen LogP contribution < -0.4 is 0 Å². The van der Waals surface area contributed by atoms with Gasteiger partial charge in [0.1, 0.15) is 17.8 Å². The number of nitrogens with zero attached hydrogens (tertiary/aromatic N) is 1. The Morgan fingerprint density at radius 3 is 3.00 bits per heavy atom. The molecule has 0 spiro atoms. The molecule has 0 aliphatic carbocycles. The average molecular weight is 243 g/mol. The first-order valence-electron chi connectivity index (χ1n) is 5.23. The average Bonchev–Trinajstić information content (AvgIpc) is 2.66. The van der Waals surface area contributed by atoms with Crippen molar-refractivity contribution >= 4 is 16.1 Å². The molecule has 0 aromatic carbocycles. The normalized spacial score (nSPS) is 24.1. The molecule has 6 heteroatoms. The van der Waals surface area contributed by atoms with Crippen molar-refractivity contribution in [2.45, 2.75) is 30.9 Å². The fraction of sp³-hybridized carbons (Fsp3) is 0.600. The maximum Gasteiger partial charge on any atom is 0.212 e. The van der Waals surface area contributed by atoms with Crippen LogP contribution in [0.15, 0.2) is 10.7 Å². The second kappa shape index (κ2) is 4.37. The van der Waals surface area contributed by atoms with Gasteiger partial charge in [0.05, 0.1) is 11.4 Å². The predicted octanol–water partition coefficient (Wildman–Crippen LogP) is 1.06. The summed E-state index contributed by atoms with van der Waals surface area (Å²) in [6, 6.07) is 0. The molecule has 1 aliphatic heterocycles. The molecular formula is C10H13NO4S. The highest BCUT2D eigenvalue weighted by Gasteiger charge is 2.33. The Hall–Kier alpha value is -1.17. The lowest BCUT2D eigenvalue weighted by molar-refractivity contribution is -0.107. The van der Waals surface area contributed by atoms with Gasteiger partial charge in [0, 0.05) is 6.42 Å². The molecule has 1 aliphatic rings. The Kier molecular flexibility index (Phi) is 3.09. The Morgan fingerprint density at radius 1 is 1.50 bits per heavy atom. The van der Waals surface area contributed by atoms with Crippen molar-refractivity contribution in [2.24, 2.45) is 0 Å². The Balaban J connectivity index is 2.25. The van der Waals surface area contributed by atoms with Crippen molar-refractivity contribution in [1.82, 2.24) is 4.98 Å². The van der Waals surface area contributed by atoms with Crippen molar-refractivity contribution in [3.63, 3.8) is 0 Å². The molecule has 88 valence electrons. The first-order valence-corrected chi connectivity index (χ1v) is 6.94. The van der Waals surface area contributed by atoms with E-state index in [0.29, 0.717) is 18.5 Å². The molecule has 0 bridgehead atoms. The topological polar surface area (TPSA) is 77.2 Å². The van der Waals surface area contributed by atoms with E-state index in [1.165, 1.54) is 6.26 Å². The molecule has 0 saturated carbocycles. The predicted molar refractivity (Wildman–Crippen MR) is 56.6 cm³/mol. The van der Waals surface area contributed by atoms with Crippen molar-refractivity contribution in [3.05, 3.63) is 17.8 Å². The van der Waals surface area contributed by atoms with Gasteiger partial charge >= 0.3 is 0 Å². The highest BCUT2D eigenvalue weighted by molar-refractivity contribution is 7.91. The van der Waals surface area contributed by atoms with Gasteiger partial charge in [0.25, 0.3) is 0 Å². The van der Waals surface area contributed by atoms with Crippen LogP contribution in [0.2, 0.25) is 0 Å². The minimum Gasteiger partial charge on any atom is -0.447 e. The van der Waals surface area contributed by atoms with Gasteiger partial charge in [-0.25, -0.2) is 13.4 Å². The van der Waals surface area contributed by atoms with Gasteiger partial charge in [-0.15, -0.1) is 0 Å². The fourth-order valence-electron chi connectivity index (χ4n) is 1.88. The second-order valence-corrected chi connectivity index (χ2v) is 6.20. The maximum atomic E-state index is 11.8. The van der Waals surface area contributed by atoms with Crippen LogP contribution in [-0.2, 0) is 21.1 Å². The van der Waals surface area contributed by atoms with Gasteiger partial charge in [0.2, 0.25) is 5.89 Å². The summed E-state index contributed by atoms with van der Waals surface area (Å²) in [6.07, 6.45) is 4.38. The van der Waals surface area contributed by atoms with Crippen LogP contribution in [0.1, 0.15) is 36.1 Å². The van der Waals surface area contributed by atoms with Gasteiger partial charge in [-0.2, -0.15) is 0 Å². The molecule has 0 N–H and O–H groups in total. The summed E-state index contributed by atoms with van der Waals surface area (Å²) in [7, 11) is -3.12. The summed E-state index contributed by atoms with van der Waals surface area (Å²) in [5.74, 6) is 0.430. The standard InChI is InChI=1S/C10H13NO4S/c12-5-4-8-7-15-10(11-8)9-3-1-2-6-16(9,13)14/h5,7,9H,1-4,6H2. The number of carbonyl (C=O) groups excluding carboxylic acids is 1. The molecule has 2 rings (SSSR count). The summed E-state index contributed by atoms with van der Waals surface area (Å²) >= 11 is 0. The first kappa shape index (κ1) is 11.3. The van der Waals surface area contributed by atoms with Crippen molar-refractivity contribution in [2.75, 3.05) is 5.75 Å². The summed E-state index contributed by atoms with van der Waals surface area (Å²) in [4.78, 5) is 14.3. The zero-order valence-electron chi connectivity index (χ0n) is 8.76. The summed E-state index contributed by atoms with van der Waals surface area (Å²) in [5.41, 5.74) is 0.491. The van der Waals surface area contributed by atoms with E-state index < -0.39 is 15.1 Å².